The second-order valence-corrected chi connectivity index (χ2v) is 5.76. The van der Waals surface area contributed by atoms with Crippen LogP contribution in [0.5, 0.6) is 11.5 Å². The molecule has 1 aliphatic heterocycles. The summed E-state index contributed by atoms with van der Waals surface area (Å²) in [5.41, 5.74) is 2.64. The topological polar surface area (TPSA) is 41.9 Å². The largest absolute Gasteiger partial charge is 0.493 e. The summed E-state index contributed by atoms with van der Waals surface area (Å²) < 4.78 is 10.8. The zero-order chi connectivity index (χ0) is 14.1. The Hall–Kier alpha value is -1.26. The molecule has 0 spiro atoms. The lowest BCUT2D eigenvalue weighted by atomic mass is 9.97. The van der Waals surface area contributed by atoms with E-state index >= 15 is 0 Å². The fraction of sp³-hybridized carbons (Fsp3) is 0.625. The van der Waals surface area contributed by atoms with Crippen molar-refractivity contribution in [2.75, 3.05) is 20.8 Å². The zero-order valence-electron chi connectivity index (χ0n) is 12.3. The van der Waals surface area contributed by atoms with Crippen molar-refractivity contribution >= 4 is 0 Å². The van der Waals surface area contributed by atoms with E-state index in [-0.39, 0.29) is 6.10 Å². The number of hydrogen-bond acceptors (Lipinski definition) is 4. The van der Waals surface area contributed by atoms with Gasteiger partial charge in [-0.25, -0.2) is 0 Å². The van der Waals surface area contributed by atoms with Gasteiger partial charge in [-0.05, 0) is 48.9 Å². The van der Waals surface area contributed by atoms with E-state index in [0.29, 0.717) is 6.04 Å². The number of rotatable bonds is 3. The van der Waals surface area contributed by atoms with Crippen molar-refractivity contribution in [2.45, 2.75) is 44.4 Å². The van der Waals surface area contributed by atoms with Crippen LogP contribution in [0.2, 0.25) is 0 Å². The molecule has 1 aliphatic carbocycles. The molecule has 1 N–H and O–H groups in total. The van der Waals surface area contributed by atoms with Crippen LogP contribution in [0.3, 0.4) is 0 Å². The van der Waals surface area contributed by atoms with Crippen LogP contribution in [-0.4, -0.2) is 42.9 Å². The smallest absolute Gasteiger partial charge is 0.161 e. The first-order valence-electron chi connectivity index (χ1n) is 7.39. The third-order valence-electron chi connectivity index (χ3n) is 4.66. The molecule has 1 aromatic rings. The molecule has 110 valence electrons. The molecule has 0 amide bonds. The molecule has 20 heavy (non-hydrogen) atoms. The van der Waals surface area contributed by atoms with Gasteiger partial charge in [-0.1, -0.05) is 0 Å². The van der Waals surface area contributed by atoms with Gasteiger partial charge in [0.1, 0.15) is 0 Å². The lowest BCUT2D eigenvalue weighted by Gasteiger charge is -2.35. The average Bonchev–Trinajstić information content (AvgIpc) is 2.91. The van der Waals surface area contributed by atoms with E-state index in [0.717, 1.165) is 50.3 Å². The summed E-state index contributed by atoms with van der Waals surface area (Å²) in [4.78, 5) is 2.42. The molecule has 1 saturated carbocycles. The minimum absolute atomic E-state index is 0.156. The normalized spacial score (nSPS) is 26.4. The van der Waals surface area contributed by atoms with E-state index in [9.17, 15) is 5.11 Å². The molecule has 1 aromatic carbocycles. The van der Waals surface area contributed by atoms with Gasteiger partial charge < -0.3 is 14.6 Å². The highest BCUT2D eigenvalue weighted by Crippen LogP contribution is 2.35. The maximum Gasteiger partial charge on any atom is 0.161 e. The van der Waals surface area contributed by atoms with E-state index in [2.05, 4.69) is 17.0 Å². The van der Waals surface area contributed by atoms with Crippen molar-refractivity contribution < 1.29 is 14.6 Å². The molecule has 0 aromatic heterocycles. The maximum atomic E-state index is 10.1. The van der Waals surface area contributed by atoms with Crippen LogP contribution in [0.1, 0.15) is 30.4 Å². The van der Waals surface area contributed by atoms with Crippen LogP contribution >= 0.6 is 0 Å². The number of nitrogens with zero attached hydrogens (tertiary/aromatic N) is 1. The monoisotopic (exact) mass is 277 g/mol. The third-order valence-corrected chi connectivity index (χ3v) is 4.66. The minimum atomic E-state index is -0.156. The van der Waals surface area contributed by atoms with Gasteiger partial charge in [-0.2, -0.15) is 0 Å². The van der Waals surface area contributed by atoms with Crippen LogP contribution in [0.25, 0.3) is 0 Å². The van der Waals surface area contributed by atoms with Crippen molar-refractivity contribution in [3.63, 3.8) is 0 Å². The Morgan fingerprint density at radius 2 is 1.80 bits per heavy atom. The van der Waals surface area contributed by atoms with Gasteiger partial charge in [-0.3, -0.25) is 4.90 Å². The SMILES string of the molecule is COc1cc2c(cc1OC)CN([C@H]1CCC[C@@H]1O)CC2. The maximum absolute atomic E-state index is 10.1. The summed E-state index contributed by atoms with van der Waals surface area (Å²) in [7, 11) is 3.35. The fourth-order valence-corrected chi connectivity index (χ4v) is 3.53. The Kier molecular flexibility index (Phi) is 3.85. The van der Waals surface area contributed by atoms with Gasteiger partial charge in [0.2, 0.25) is 0 Å². The lowest BCUT2D eigenvalue weighted by Crippen LogP contribution is -2.43. The molecule has 0 unspecified atom stereocenters. The summed E-state index contributed by atoms with van der Waals surface area (Å²) in [6, 6.07) is 4.51. The van der Waals surface area contributed by atoms with Gasteiger partial charge in [0.15, 0.2) is 11.5 Å². The highest BCUT2D eigenvalue weighted by Gasteiger charge is 2.32. The summed E-state index contributed by atoms with van der Waals surface area (Å²) in [6.45, 7) is 1.92. The molecule has 4 nitrogen and oxygen atoms in total. The predicted octanol–water partition coefficient (Wildman–Crippen LogP) is 1.98. The molecule has 4 heteroatoms. The molecule has 1 heterocycles. The first-order valence-corrected chi connectivity index (χ1v) is 7.39. The summed E-state index contributed by atoms with van der Waals surface area (Å²) >= 11 is 0. The van der Waals surface area contributed by atoms with Crippen molar-refractivity contribution in [1.29, 1.82) is 0 Å². The number of methoxy groups -OCH3 is 2. The van der Waals surface area contributed by atoms with Crippen LogP contribution < -0.4 is 9.47 Å². The second kappa shape index (κ2) is 5.62. The molecule has 0 radical (unpaired) electrons. The van der Waals surface area contributed by atoms with Gasteiger partial charge in [0.05, 0.1) is 20.3 Å². The summed E-state index contributed by atoms with van der Waals surface area (Å²) in [5.74, 6) is 1.60. The van der Waals surface area contributed by atoms with Crippen LogP contribution in [0.4, 0.5) is 0 Å². The van der Waals surface area contributed by atoms with Crippen LogP contribution in [0, 0.1) is 0 Å². The Labute approximate surface area is 120 Å². The standard InChI is InChI=1S/C16H23NO3/c1-19-15-8-11-6-7-17(13-4-3-5-14(13)18)10-12(11)9-16(15)20-2/h8-9,13-14,18H,3-7,10H2,1-2H3/t13-,14-/m0/s1. The Morgan fingerprint density at radius 1 is 1.10 bits per heavy atom. The second-order valence-electron chi connectivity index (χ2n) is 5.76. The van der Waals surface area contributed by atoms with E-state index in [4.69, 9.17) is 9.47 Å². The van der Waals surface area contributed by atoms with Crippen LogP contribution in [0.15, 0.2) is 12.1 Å². The lowest BCUT2D eigenvalue weighted by molar-refractivity contribution is 0.0625. The molecular weight excluding hydrogens is 254 g/mol. The quantitative estimate of drug-likeness (QED) is 0.917. The number of aliphatic hydroxyl groups excluding tert-OH is 1. The Morgan fingerprint density at radius 3 is 2.40 bits per heavy atom. The molecule has 2 atom stereocenters. The van der Waals surface area contributed by atoms with Gasteiger partial charge in [0.25, 0.3) is 0 Å². The van der Waals surface area contributed by atoms with Gasteiger partial charge in [-0.15, -0.1) is 0 Å². The predicted molar refractivity (Wildman–Crippen MR) is 77.3 cm³/mol. The number of benzene rings is 1. The minimum Gasteiger partial charge on any atom is -0.493 e. The molecule has 3 rings (SSSR count). The Balaban J connectivity index is 1.83. The van der Waals surface area contributed by atoms with E-state index < -0.39 is 0 Å². The zero-order valence-corrected chi connectivity index (χ0v) is 12.3. The van der Waals surface area contributed by atoms with Gasteiger partial charge >= 0.3 is 0 Å². The third kappa shape index (κ3) is 2.38. The number of aliphatic hydroxyl groups is 1. The first kappa shape index (κ1) is 13.7. The average molecular weight is 277 g/mol. The van der Waals surface area contributed by atoms with Crippen molar-refractivity contribution in [2.24, 2.45) is 0 Å². The van der Waals surface area contributed by atoms with E-state index in [1.54, 1.807) is 14.2 Å². The fourth-order valence-electron chi connectivity index (χ4n) is 3.53. The van der Waals surface area contributed by atoms with Crippen molar-refractivity contribution in [3.8, 4) is 11.5 Å². The van der Waals surface area contributed by atoms with Crippen molar-refractivity contribution in [3.05, 3.63) is 23.3 Å². The molecule has 2 aliphatic rings. The highest BCUT2D eigenvalue weighted by atomic mass is 16.5. The summed E-state index contributed by atoms with van der Waals surface area (Å²) in [5, 5.41) is 10.1. The van der Waals surface area contributed by atoms with E-state index in [1.165, 1.54) is 11.1 Å². The Bertz CT molecular complexity index is 489. The molecule has 1 fully saturated rings. The highest BCUT2D eigenvalue weighted by molar-refractivity contribution is 5.48. The number of hydrogen-bond donors (Lipinski definition) is 1. The first-order chi connectivity index (χ1) is 9.72. The van der Waals surface area contributed by atoms with Crippen molar-refractivity contribution in [1.82, 2.24) is 4.90 Å². The number of ether oxygens (including phenoxy) is 2. The summed E-state index contributed by atoms with van der Waals surface area (Å²) in [6.07, 6.45) is 4.06. The number of fused-ring (bicyclic) bond motifs is 1. The van der Waals surface area contributed by atoms with E-state index in [1.807, 2.05) is 0 Å². The van der Waals surface area contributed by atoms with Crippen LogP contribution in [-0.2, 0) is 13.0 Å². The molecular formula is C16H23NO3. The molecule has 0 saturated heterocycles. The van der Waals surface area contributed by atoms with Gasteiger partial charge in [0, 0.05) is 19.1 Å². The molecule has 0 bridgehead atoms.